The number of rotatable bonds is 3. The van der Waals surface area contributed by atoms with Crippen LogP contribution in [0.3, 0.4) is 0 Å². The smallest absolute Gasteiger partial charge is 0.608 e. The largest absolute Gasteiger partial charge is 0.902 e. The number of benzene rings is 5. The third-order valence-electron chi connectivity index (χ3n) is 5.90. The summed E-state index contributed by atoms with van der Waals surface area (Å²) in [6.07, 6.45) is 0. The molecule has 0 bridgehead atoms. The van der Waals surface area contributed by atoms with Gasteiger partial charge in [0.05, 0.1) is 11.5 Å². The van der Waals surface area contributed by atoms with E-state index < -0.39 is 14.8 Å². The molecule has 3 heteroatoms. The molecule has 6 rings (SSSR count). The predicted octanol–water partition coefficient (Wildman–Crippen LogP) is 6.14. The fourth-order valence-corrected chi connectivity index (χ4v) is 6.48. The van der Waals surface area contributed by atoms with E-state index in [1.807, 2.05) is 18.2 Å². The molecule has 142 valence electrons. The molecule has 0 aromatic heterocycles. The van der Waals surface area contributed by atoms with E-state index in [1.54, 1.807) is 0 Å². The van der Waals surface area contributed by atoms with E-state index in [0.29, 0.717) is 0 Å². The van der Waals surface area contributed by atoms with Crippen molar-refractivity contribution in [2.45, 2.75) is 6.92 Å². The minimum absolute atomic E-state index is 0.871. The highest BCUT2D eigenvalue weighted by molar-refractivity contribution is 6.68. The molecule has 0 N–H and O–H groups in total. The standard InChI is InChI=1S/C16H12O.C11H9O.Al/c17-16-9-8-14-10-13(6-7-15(14)11-16)12-4-2-1-3-5-12;1-8-5-6-9-3-2-4-11(12)10(9)7-8;/h1-11,17H;2-6,12H,1H3;/q;;+2/p-2. The number of aryl methyl sites for hydroxylation is 1. The Bertz CT molecular complexity index is 1410. The zero-order chi connectivity index (χ0) is 20.1. The van der Waals surface area contributed by atoms with Crippen LogP contribution in [0.25, 0.3) is 32.7 Å². The van der Waals surface area contributed by atoms with Crippen molar-refractivity contribution < 1.29 is 7.58 Å². The monoisotopic (exact) mass is 402 g/mol. The van der Waals surface area contributed by atoms with Gasteiger partial charge in [0.25, 0.3) is 0 Å². The Labute approximate surface area is 180 Å². The van der Waals surface area contributed by atoms with E-state index in [0.717, 1.165) is 11.5 Å². The molecule has 5 aromatic carbocycles. The van der Waals surface area contributed by atoms with Crippen molar-refractivity contribution in [2.24, 2.45) is 0 Å². The van der Waals surface area contributed by atoms with Gasteiger partial charge in [0.1, 0.15) is 0 Å². The van der Waals surface area contributed by atoms with Crippen molar-refractivity contribution >= 4 is 40.8 Å². The molecule has 0 saturated heterocycles. The molecule has 0 fully saturated rings. The van der Waals surface area contributed by atoms with Gasteiger partial charge in [-0.05, 0) is 62.9 Å². The summed E-state index contributed by atoms with van der Waals surface area (Å²) >= 11 is -2.06. The molecule has 0 aliphatic carbocycles. The van der Waals surface area contributed by atoms with Gasteiger partial charge < -0.3 is 7.58 Å². The Morgan fingerprint density at radius 2 is 1.47 bits per heavy atom. The van der Waals surface area contributed by atoms with E-state index in [-0.39, 0.29) is 0 Å². The molecule has 0 unspecified atom stereocenters. The van der Waals surface area contributed by atoms with Crippen LogP contribution in [-0.2, 0) is 0 Å². The Hall–Kier alpha value is -3.25. The molecule has 1 aliphatic heterocycles. The molecule has 2 nitrogen and oxygen atoms in total. The lowest BCUT2D eigenvalue weighted by Gasteiger charge is -2.13. The molecule has 5 aromatic rings. The van der Waals surface area contributed by atoms with E-state index in [9.17, 15) is 0 Å². The van der Waals surface area contributed by atoms with E-state index >= 15 is 0 Å². The van der Waals surface area contributed by atoms with Gasteiger partial charge in [-0.1, -0.05) is 78.4 Å². The van der Waals surface area contributed by atoms with Crippen LogP contribution in [0.2, 0.25) is 0 Å². The fourth-order valence-electron chi connectivity index (χ4n) is 4.37. The second-order valence-corrected chi connectivity index (χ2v) is 9.52. The Morgan fingerprint density at radius 3 is 2.37 bits per heavy atom. The van der Waals surface area contributed by atoms with Crippen molar-refractivity contribution in [1.82, 2.24) is 0 Å². The van der Waals surface area contributed by atoms with Crippen LogP contribution in [0.4, 0.5) is 0 Å². The highest BCUT2D eigenvalue weighted by atomic mass is 27.2. The summed E-state index contributed by atoms with van der Waals surface area (Å²) in [6.45, 7) is 2.15. The molecule has 0 spiro atoms. The fraction of sp³-hybridized carbons (Fsp3) is 0.0370. The lowest BCUT2D eigenvalue weighted by atomic mass is 10.0. The summed E-state index contributed by atoms with van der Waals surface area (Å²) in [6, 6.07) is 34.0. The first-order chi connectivity index (χ1) is 14.8. The van der Waals surface area contributed by atoms with Crippen molar-refractivity contribution in [3.05, 3.63) is 103 Å². The third-order valence-corrected chi connectivity index (χ3v) is 8.07. The zero-order valence-electron chi connectivity index (χ0n) is 16.6. The molecule has 0 radical (unpaired) electrons. The van der Waals surface area contributed by atoms with Crippen molar-refractivity contribution in [3.8, 4) is 22.6 Å². The van der Waals surface area contributed by atoms with Crippen molar-refractivity contribution in [2.75, 3.05) is 0 Å². The quantitative estimate of drug-likeness (QED) is 0.338. The molecule has 0 atom stereocenters. The van der Waals surface area contributed by atoms with Gasteiger partial charge in [0.2, 0.25) is 0 Å². The summed E-state index contributed by atoms with van der Waals surface area (Å²) in [7, 11) is 0. The molecular formula is C27H19AlO2. The van der Waals surface area contributed by atoms with Gasteiger partial charge in [-0.25, -0.2) is 0 Å². The maximum Gasteiger partial charge on any atom is 0.902 e. The predicted molar refractivity (Wildman–Crippen MR) is 125 cm³/mol. The summed E-state index contributed by atoms with van der Waals surface area (Å²) in [5, 5.41) is 4.83. The molecule has 0 amide bonds. The van der Waals surface area contributed by atoms with Crippen LogP contribution in [0.5, 0.6) is 11.5 Å². The van der Waals surface area contributed by atoms with Crippen molar-refractivity contribution in [1.29, 1.82) is 0 Å². The van der Waals surface area contributed by atoms with Crippen LogP contribution >= 0.6 is 0 Å². The molecular weight excluding hydrogens is 383 g/mol. The normalized spacial score (nSPS) is 12.4. The molecule has 1 heterocycles. The topological polar surface area (TPSA) is 18.5 Å². The first kappa shape index (κ1) is 17.6. The number of fused-ring (bicyclic) bond motifs is 1. The third kappa shape index (κ3) is 2.87. The van der Waals surface area contributed by atoms with Crippen LogP contribution < -0.4 is 12.0 Å². The van der Waals surface area contributed by atoms with Crippen LogP contribution in [0.1, 0.15) is 5.56 Å². The minimum Gasteiger partial charge on any atom is -0.608 e. The maximum atomic E-state index is 6.47. The molecule has 0 saturated carbocycles. The Kier molecular flexibility index (Phi) is 4.06. The molecule has 30 heavy (non-hydrogen) atoms. The lowest BCUT2D eigenvalue weighted by molar-refractivity contribution is 0.449. The van der Waals surface area contributed by atoms with Gasteiger partial charge in [-0.3, -0.25) is 0 Å². The highest BCUT2D eigenvalue weighted by Crippen LogP contribution is 2.32. The second kappa shape index (κ2) is 6.92. The van der Waals surface area contributed by atoms with Crippen LogP contribution in [-0.4, -0.2) is 14.8 Å². The van der Waals surface area contributed by atoms with Gasteiger partial charge in [-0.15, -0.1) is 0 Å². The Morgan fingerprint density at radius 1 is 0.667 bits per heavy atom. The minimum atomic E-state index is -2.06. The lowest BCUT2D eigenvalue weighted by Crippen LogP contribution is -2.40. The zero-order valence-corrected chi connectivity index (χ0v) is 17.8. The highest BCUT2D eigenvalue weighted by Gasteiger charge is 2.44. The number of hydrogen-bond donors (Lipinski definition) is 0. The SMILES string of the molecule is Cc1ccc2cccc3c2[c]1[Al]([O]c1ccc2cc(-c4ccccc4)ccc2c1)[O]3. The maximum absolute atomic E-state index is 6.47. The average molecular weight is 402 g/mol. The summed E-state index contributed by atoms with van der Waals surface area (Å²) in [5.41, 5.74) is 3.70. The van der Waals surface area contributed by atoms with Gasteiger partial charge in [0.15, 0.2) is 0 Å². The second-order valence-electron chi connectivity index (χ2n) is 7.81. The van der Waals surface area contributed by atoms with Crippen molar-refractivity contribution in [3.63, 3.8) is 0 Å². The van der Waals surface area contributed by atoms with Gasteiger partial charge in [-0.2, -0.15) is 0 Å². The van der Waals surface area contributed by atoms with E-state index in [4.69, 9.17) is 7.58 Å². The summed E-state index contributed by atoms with van der Waals surface area (Å²) in [4.78, 5) is 0. The average Bonchev–Trinajstić information content (AvgIpc) is 3.16. The molecule has 1 aliphatic rings. The first-order valence-electron chi connectivity index (χ1n) is 10.2. The Balaban J connectivity index is 1.35. The summed E-state index contributed by atoms with van der Waals surface area (Å²) in [5.74, 6) is 1.83. The van der Waals surface area contributed by atoms with Crippen LogP contribution in [0.15, 0.2) is 97.1 Å². The van der Waals surface area contributed by atoms with Gasteiger partial charge in [0, 0.05) is 5.39 Å². The van der Waals surface area contributed by atoms with Crippen LogP contribution in [0, 0.1) is 6.92 Å². The first-order valence-corrected chi connectivity index (χ1v) is 11.7. The van der Waals surface area contributed by atoms with Gasteiger partial charge >= 0.3 is 14.8 Å². The summed E-state index contributed by atoms with van der Waals surface area (Å²) < 4.78 is 14.0. The van der Waals surface area contributed by atoms with E-state index in [1.165, 1.54) is 42.7 Å². The van der Waals surface area contributed by atoms with E-state index in [2.05, 4.69) is 85.8 Å². The number of hydrogen-bond acceptors (Lipinski definition) is 2.